The molecule has 7 heteroatoms. The van der Waals surface area contributed by atoms with Gasteiger partial charge in [0.1, 0.15) is 10.8 Å². The van der Waals surface area contributed by atoms with Gasteiger partial charge in [0, 0.05) is 6.92 Å². The number of carbonyl (C=O) groups excluding carboxylic acids is 1. The predicted molar refractivity (Wildman–Crippen MR) is 68.5 cm³/mol. The Kier molecular flexibility index (Phi) is 3.21. The van der Waals surface area contributed by atoms with Gasteiger partial charge in [0.2, 0.25) is 11.6 Å². The van der Waals surface area contributed by atoms with E-state index in [4.69, 9.17) is 27.9 Å². The third kappa shape index (κ3) is 2.28. The van der Waals surface area contributed by atoms with E-state index in [2.05, 4.69) is 10.1 Å². The molecule has 0 spiro atoms. The van der Waals surface area contributed by atoms with Gasteiger partial charge in [-0.2, -0.15) is 5.01 Å². The monoisotopic (exact) mass is 287 g/mol. The Balaban J connectivity index is 2.44. The minimum atomic E-state index is -0.867. The van der Waals surface area contributed by atoms with Gasteiger partial charge >= 0.3 is 0 Å². The van der Waals surface area contributed by atoms with Crippen LogP contribution in [0.4, 0.5) is 0 Å². The van der Waals surface area contributed by atoms with Crippen LogP contribution in [-0.4, -0.2) is 27.5 Å². The van der Waals surface area contributed by atoms with Gasteiger partial charge in [-0.05, 0) is 26.0 Å². The number of halogens is 2. The largest absolute Gasteiger partial charge is 0.447 e. The van der Waals surface area contributed by atoms with Gasteiger partial charge in [-0.1, -0.05) is 23.2 Å². The van der Waals surface area contributed by atoms with Gasteiger partial charge in [-0.3, -0.25) is 4.79 Å². The van der Waals surface area contributed by atoms with E-state index in [0.29, 0.717) is 10.7 Å². The van der Waals surface area contributed by atoms with Crippen LogP contribution in [0.2, 0.25) is 10.2 Å². The minimum absolute atomic E-state index is 0.183. The Hall–Kier alpha value is -1.33. The number of ether oxygens (including phenoxy) is 1. The van der Waals surface area contributed by atoms with Gasteiger partial charge < -0.3 is 4.74 Å². The van der Waals surface area contributed by atoms with Crippen LogP contribution >= 0.6 is 23.2 Å². The summed E-state index contributed by atoms with van der Waals surface area (Å²) in [7, 11) is 0. The zero-order valence-corrected chi connectivity index (χ0v) is 11.6. The first-order chi connectivity index (χ1) is 8.31. The van der Waals surface area contributed by atoms with Crippen LogP contribution < -0.4 is 0 Å². The molecule has 18 heavy (non-hydrogen) atoms. The lowest BCUT2D eigenvalue weighted by molar-refractivity contribution is -0.142. The fourth-order valence-corrected chi connectivity index (χ4v) is 1.96. The van der Waals surface area contributed by atoms with Crippen molar-refractivity contribution >= 4 is 35.0 Å². The molecule has 1 aliphatic rings. The van der Waals surface area contributed by atoms with Gasteiger partial charge in [-0.25, -0.2) is 4.98 Å². The molecule has 2 heterocycles. The number of aromatic nitrogens is 1. The predicted octanol–water partition coefficient (Wildman–Crippen LogP) is 2.66. The zero-order valence-electron chi connectivity index (χ0n) is 10.1. The number of amides is 1. The molecule has 0 fully saturated rings. The van der Waals surface area contributed by atoms with E-state index < -0.39 is 5.72 Å². The number of hydrazone groups is 1. The molecular formula is C11H11Cl2N3O2. The summed E-state index contributed by atoms with van der Waals surface area (Å²) in [6, 6.07) is 3.16. The third-order valence-corrected chi connectivity index (χ3v) is 2.88. The molecule has 0 saturated heterocycles. The van der Waals surface area contributed by atoms with Crippen molar-refractivity contribution in [1.29, 1.82) is 0 Å². The highest BCUT2D eigenvalue weighted by Gasteiger charge is 2.39. The van der Waals surface area contributed by atoms with E-state index in [0.717, 1.165) is 0 Å². The van der Waals surface area contributed by atoms with Crippen LogP contribution in [0.25, 0.3) is 0 Å². The molecule has 0 bridgehead atoms. The maximum Gasteiger partial charge on any atom is 0.261 e. The number of carbonyl (C=O) groups is 1. The molecule has 0 unspecified atom stereocenters. The standard InChI is InChI=1S/C11H11Cl2N3O2/c1-6(17)16-11(2,3)18-10(15-16)9-7(12)4-5-8(13)14-9/h4-5H,1-3H3. The van der Waals surface area contributed by atoms with Crippen molar-refractivity contribution in [3.05, 3.63) is 28.0 Å². The molecular weight excluding hydrogens is 277 g/mol. The quantitative estimate of drug-likeness (QED) is 0.746. The first kappa shape index (κ1) is 13.1. The van der Waals surface area contributed by atoms with Crippen molar-refractivity contribution in [1.82, 2.24) is 9.99 Å². The second kappa shape index (κ2) is 4.40. The summed E-state index contributed by atoms with van der Waals surface area (Å²) >= 11 is 11.8. The van der Waals surface area contributed by atoms with Crippen LogP contribution in [0.5, 0.6) is 0 Å². The number of hydrogen-bond donors (Lipinski definition) is 0. The molecule has 0 aliphatic carbocycles. The lowest BCUT2D eigenvalue weighted by Gasteiger charge is -2.25. The zero-order chi connectivity index (χ0) is 13.5. The van der Waals surface area contributed by atoms with E-state index in [1.165, 1.54) is 11.9 Å². The first-order valence-corrected chi connectivity index (χ1v) is 5.97. The molecule has 0 atom stereocenters. The molecule has 0 aromatic carbocycles. The van der Waals surface area contributed by atoms with Gasteiger partial charge in [0.15, 0.2) is 0 Å². The number of nitrogens with zero attached hydrogens (tertiary/aromatic N) is 3. The molecule has 1 aliphatic heterocycles. The second-order valence-corrected chi connectivity index (χ2v) is 5.04. The molecule has 1 amide bonds. The molecule has 0 N–H and O–H groups in total. The van der Waals surface area contributed by atoms with Crippen LogP contribution in [0.1, 0.15) is 26.5 Å². The molecule has 5 nitrogen and oxygen atoms in total. The van der Waals surface area contributed by atoms with Crippen LogP contribution in [0, 0.1) is 0 Å². The van der Waals surface area contributed by atoms with Crippen LogP contribution in [0.15, 0.2) is 17.2 Å². The Morgan fingerprint density at radius 2 is 2.06 bits per heavy atom. The molecule has 96 valence electrons. The Bertz CT molecular complexity index is 543. The highest BCUT2D eigenvalue weighted by molar-refractivity contribution is 6.34. The summed E-state index contributed by atoms with van der Waals surface area (Å²) in [5, 5.41) is 5.96. The highest BCUT2D eigenvalue weighted by atomic mass is 35.5. The van der Waals surface area contributed by atoms with Gasteiger partial charge in [0.25, 0.3) is 5.90 Å². The van der Waals surface area contributed by atoms with E-state index in [1.807, 2.05) is 0 Å². The number of rotatable bonds is 1. The van der Waals surface area contributed by atoms with Crippen LogP contribution in [-0.2, 0) is 9.53 Å². The van der Waals surface area contributed by atoms with Crippen molar-refractivity contribution < 1.29 is 9.53 Å². The van der Waals surface area contributed by atoms with Crippen molar-refractivity contribution in [3.63, 3.8) is 0 Å². The summed E-state index contributed by atoms with van der Waals surface area (Å²) in [4.78, 5) is 15.5. The number of hydrogen-bond acceptors (Lipinski definition) is 4. The molecule has 0 saturated carbocycles. The van der Waals surface area contributed by atoms with Gasteiger partial charge in [0.05, 0.1) is 5.02 Å². The summed E-state index contributed by atoms with van der Waals surface area (Å²) < 4.78 is 5.59. The number of pyridine rings is 1. The van der Waals surface area contributed by atoms with E-state index >= 15 is 0 Å². The Morgan fingerprint density at radius 1 is 1.39 bits per heavy atom. The first-order valence-electron chi connectivity index (χ1n) is 5.22. The SMILES string of the molecule is CC(=O)N1N=C(c2nc(Cl)ccc2Cl)OC1(C)C. The average Bonchev–Trinajstić information content (AvgIpc) is 2.58. The average molecular weight is 288 g/mol. The van der Waals surface area contributed by atoms with Gasteiger partial charge in [-0.15, -0.1) is 5.10 Å². The van der Waals surface area contributed by atoms with E-state index in [-0.39, 0.29) is 17.0 Å². The lowest BCUT2D eigenvalue weighted by Crippen LogP contribution is -2.41. The Labute approximate surface area is 114 Å². The molecule has 1 aromatic rings. The van der Waals surface area contributed by atoms with Crippen molar-refractivity contribution in [2.45, 2.75) is 26.5 Å². The van der Waals surface area contributed by atoms with E-state index in [1.54, 1.807) is 26.0 Å². The fraction of sp³-hybridized carbons (Fsp3) is 0.364. The fourth-order valence-electron chi connectivity index (χ4n) is 1.63. The smallest absolute Gasteiger partial charge is 0.261 e. The van der Waals surface area contributed by atoms with Crippen molar-refractivity contribution in [3.8, 4) is 0 Å². The maximum absolute atomic E-state index is 11.4. The van der Waals surface area contributed by atoms with Crippen LogP contribution in [0.3, 0.4) is 0 Å². The van der Waals surface area contributed by atoms with E-state index in [9.17, 15) is 4.79 Å². The summed E-state index contributed by atoms with van der Waals surface area (Å²) in [6.07, 6.45) is 0. The summed E-state index contributed by atoms with van der Waals surface area (Å²) in [5.41, 5.74) is -0.546. The highest BCUT2D eigenvalue weighted by Crippen LogP contribution is 2.28. The maximum atomic E-state index is 11.4. The van der Waals surface area contributed by atoms with Crippen molar-refractivity contribution in [2.24, 2.45) is 5.10 Å². The normalized spacial score (nSPS) is 17.4. The molecule has 1 aromatic heterocycles. The van der Waals surface area contributed by atoms with Crippen molar-refractivity contribution in [2.75, 3.05) is 0 Å². The second-order valence-electron chi connectivity index (χ2n) is 4.25. The minimum Gasteiger partial charge on any atom is -0.447 e. The molecule has 0 radical (unpaired) electrons. The Morgan fingerprint density at radius 3 is 2.61 bits per heavy atom. The summed E-state index contributed by atoms with van der Waals surface area (Å²) in [5.74, 6) is -0.0455. The molecule has 2 rings (SSSR count). The lowest BCUT2D eigenvalue weighted by atomic mass is 10.3. The topological polar surface area (TPSA) is 54.8 Å². The summed E-state index contributed by atoms with van der Waals surface area (Å²) in [6.45, 7) is 4.86. The third-order valence-electron chi connectivity index (χ3n) is 2.36.